The summed E-state index contributed by atoms with van der Waals surface area (Å²) in [6.07, 6.45) is 10.2. The summed E-state index contributed by atoms with van der Waals surface area (Å²) < 4.78 is 0. The third-order valence-electron chi connectivity index (χ3n) is 4.23. The summed E-state index contributed by atoms with van der Waals surface area (Å²) in [6, 6.07) is 7.84. The van der Waals surface area contributed by atoms with Crippen LogP contribution in [0.2, 0.25) is 0 Å². The predicted octanol–water partition coefficient (Wildman–Crippen LogP) is 4.13. The Morgan fingerprint density at radius 1 is 1.05 bits per heavy atom. The normalized spacial score (nSPS) is 16.4. The molecule has 0 atom stereocenters. The largest absolute Gasteiger partial charge is 0.399 e. The highest BCUT2D eigenvalue weighted by Gasteiger charge is 2.14. The van der Waals surface area contributed by atoms with Gasteiger partial charge in [-0.15, -0.1) is 0 Å². The van der Waals surface area contributed by atoms with Gasteiger partial charge < -0.3 is 5.73 Å². The first-order valence-electron chi connectivity index (χ1n) is 7.60. The summed E-state index contributed by atoms with van der Waals surface area (Å²) in [5, 5.41) is 0. The van der Waals surface area contributed by atoms with Crippen LogP contribution in [0.15, 0.2) is 24.3 Å². The molecule has 0 heterocycles. The van der Waals surface area contributed by atoms with Gasteiger partial charge in [-0.25, -0.2) is 0 Å². The number of aryl methyl sites for hydroxylation is 1. The van der Waals surface area contributed by atoms with Crippen LogP contribution in [0.25, 0.3) is 0 Å². The van der Waals surface area contributed by atoms with E-state index in [1.165, 1.54) is 37.7 Å². The topological polar surface area (TPSA) is 43.1 Å². The molecule has 0 saturated heterocycles. The third kappa shape index (κ3) is 5.06. The number of carbonyl (C=O) groups is 1. The van der Waals surface area contributed by atoms with E-state index >= 15 is 0 Å². The lowest BCUT2D eigenvalue weighted by Gasteiger charge is -2.20. The lowest BCUT2D eigenvalue weighted by atomic mass is 9.85. The first kappa shape index (κ1) is 14.1. The van der Waals surface area contributed by atoms with Gasteiger partial charge in [-0.1, -0.05) is 44.2 Å². The molecule has 0 unspecified atom stereocenters. The molecule has 1 aromatic carbocycles. The van der Waals surface area contributed by atoms with Crippen molar-refractivity contribution in [2.75, 3.05) is 5.73 Å². The van der Waals surface area contributed by atoms with Crippen molar-refractivity contribution < 1.29 is 4.79 Å². The van der Waals surface area contributed by atoms with E-state index in [0.717, 1.165) is 30.9 Å². The molecule has 19 heavy (non-hydrogen) atoms. The maximum atomic E-state index is 11.9. The van der Waals surface area contributed by atoms with Crippen LogP contribution in [0, 0.1) is 5.92 Å². The average molecular weight is 259 g/mol. The summed E-state index contributed by atoms with van der Waals surface area (Å²) >= 11 is 0. The zero-order valence-electron chi connectivity index (χ0n) is 11.7. The molecule has 2 nitrogen and oxygen atoms in total. The van der Waals surface area contributed by atoms with Gasteiger partial charge in [0.15, 0.2) is 0 Å². The van der Waals surface area contributed by atoms with Gasteiger partial charge in [0.2, 0.25) is 0 Å². The second kappa shape index (κ2) is 7.32. The van der Waals surface area contributed by atoms with Crippen molar-refractivity contribution in [2.45, 2.75) is 57.8 Å². The van der Waals surface area contributed by atoms with E-state index in [2.05, 4.69) is 0 Å². The summed E-state index contributed by atoms with van der Waals surface area (Å²) in [7, 11) is 0. The van der Waals surface area contributed by atoms with Gasteiger partial charge in [0.05, 0.1) is 0 Å². The first-order valence-corrected chi connectivity index (χ1v) is 7.60. The number of rotatable bonds is 6. The van der Waals surface area contributed by atoms with Gasteiger partial charge in [-0.2, -0.15) is 0 Å². The molecule has 1 aliphatic rings. The molecule has 0 bridgehead atoms. The first-order chi connectivity index (χ1) is 9.24. The average Bonchev–Trinajstić information content (AvgIpc) is 2.45. The van der Waals surface area contributed by atoms with Gasteiger partial charge in [-0.05, 0) is 36.5 Å². The van der Waals surface area contributed by atoms with Crippen molar-refractivity contribution in [1.29, 1.82) is 0 Å². The number of ketones is 1. The van der Waals surface area contributed by atoms with E-state index in [0.29, 0.717) is 12.2 Å². The van der Waals surface area contributed by atoms with E-state index in [1.807, 2.05) is 24.3 Å². The smallest absolute Gasteiger partial charge is 0.133 e. The van der Waals surface area contributed by atoms with Gasteiger partial charge >= 0.3 is 0 Å². The highest BCUT2D eigenvalue weighted by Crippen LogP contribution is 2.27. The zero-order chi connectivity index (χ0) is 13.5. The molecular formula is C17H25NO. The standard InChI is InChI=1S/C17H25NO/c18-16-10-6-15(7-11-16)9-13-17(19)12-8-14-4-2-1-3-5-14/h6-7,10-11,14H,1-5,8-9,12-13,18H2. The van der Waals surface area contributed by atoms with Gasteiger partial charge in [-0.3, -0.25) is 4.79 Å². The summed E-state index contributed by atoms with van der Waals surface area (Å²) in [5.41, 5.74) is 7.64. The maximum Gasteiger partial charge on any atom is 0.133 e. The molecule has 104 valence electrons. The third-order valence-corrected chi connectivity index (χ3v) is 4.23. The predicted molar refractivity (Wildman–Crippen MR) is 80.0 cm³/mol. The molecule has 0 aliphatic heterocycles. The van der Waals surface area contributed by atoms with E-state index in [1.54, 1.807) is 0 Å². The number of hydrogen-bond donors (Lipinski definition) is 1. The Hall–Kier alpha value is -1.31. The Morgan fingerprint density at radius 2 is 1.74 bits per heavy atom. The minimum atomic E-state index is 0.419. The van der Waals surface area contributed by atoms with Crippen LogP contribution in [0.5, 0.6) is 0 Å². The molecule has 0 aromatic heterocycles. The Kier molecular flexibility index (Phi) is 5.44. The second-order valence-corrected chi connectivity index (χ2v) is 5.82. The quantitative estimate of drug-likeness (QED) is 0.780. The second-order valence-electron chi connectivity index (χ2n) is 5.82. The zero-order valence-corrected chi connectivity index (χ0v) is 11.7. The Labute approximate surface area is 116 Å². The molecular weight excluding hydrogens is 234 g/mol. The highest BCUT2D eigenvalue weighted by atomic mass is 16.1. The summed E-state index contributed by atoms with van der Waals surface area (Å²) in [4.78, 5) is 11.9. The van der Waals surface area contributed by atoms with Gasteiger partial charge in [0.25, 0.3) is 0 Å². The van der Waals surface area contributed by atoms with Crippen molar-refractivity contribution in [3.8, 4) is 0 Å². The van der Waals surface area contributed by atoms with Gasteiger partial charge in [0, 0.05) is 18.5 Å². The van der Waals surface area contributed by atoms with Crippen LogP contribution < -0.4 is 5.73 Å². The minimum Gasteiger partial charge on any atom is -0.399 e. The van der Waals surface area contributed by atoms with Crippen molar-refractivity contribution in [2.24, 2.45) is 5.92 Å². The van der Waals surface area contributed by atoms with Crippen LogP contribution in [-0.4, -0.2) is 5.78 Å². The fourth-order valence-electron chi connectivity index (χ4n) is 2.93. The number of benzene rings is 1. The number of nitrogens with two attached hydrogens (primary N) is 1. The Bertz CT molecular complexity index is 390. The number of nitrogen functional groups attached to an aromatic ring is 1. The Balaban J connectivity index is 1.65. The van der Waals surface area contributed by atoms with Crippen LogP contribution in [0.4, 0.5) is 5.69 Å². The van der Waals surface area contributed by atoms with Crippen molar-refractivity contribution in [3.05, 3.63) is 29.8 Å². The van der Waals surface area contributed by atoms with E-state index in [9.17, 15) is 4.79 Å². The van der Waals surface area contributed by atoms with Crippen molar-refractivity contribution in [1.82, 2.24) is 0 Å². The molecule has 2 heteroatoms. The van der Waals surface area contributed by atoms with Crippen LogP contribution >= 0.6 is 0 Å². The SMILES string of the molecule is Nc1ccc(CCC(=O)CCC2CCCCC2)cc1. The van der Waals surface area contributed by atoms with Crippen molar-refractivity contribution in [3.63, 3.8) is 0 Å². The van der Waals surface area contributed by atoms with Crippen molar-refractivity contribution >= 4 is 11.5 Å². The summed E-state index contributed by atoms with van der Waals surface area (Å²) in [5.74, 6) is 1.23. The molecule has 1 aromatic rings. The van der Waals surface area contributed by atoms with Crippen LogP contribution in [0.3, 0.4) is 0 Å². The molecule has 1 saturated carbocycles. The molecule has 0 radical (unpaired) electrons. The number of carbonyl (C=O) groups excluding carboxylic acids is 1. The maximum absolute atomic E-state index is 11.9. The van der Waals surface area contributed by atoms with E-state index in [4.69, 9.17) is 5.73 Å². The lowest BCUT2D eigenvalue weighted by Crippen LogP contribution is -2.09. The highest BCUT2D eigenvalue weighted by molar-refractivity contribution is 5.78. The molecule has 1 fully saturated rings. The monoisotopic (exact) mass is 259 g/mol. The molecule has 1 aliphatic carbocycles. The molecule has 2 rings (SSSR count). The Morgan fingerprint density at radius 3 is 2.42 bits per heavy atom. The fourth-order valence-corrected chi connectivity index (χ4v) is 2.93. The van der Waals surface area contributed by atoms with E-state index < -0.39 is 0 Å². The molecule has 2 N–H and O–H groups in total. The van der Waals surface area contributed by atoms with Crippen LogP contribution in [-0.2, 0) is 11.2 Å². The fraction of sp³-hybridized carbons (Fsp3) is 0.588. The van der Waals surface area contributed by atoms with E-state index in [-0.39, 0.29) is 0 Å². The lowest BCUT2D eigenvalue weighted by molar-refractivity contribution is -0.119. The molecule has 0 spiro atoms. The summed E-state index contributed by atoms with van der Waals surface area (Å²) in [6.45, 7) is 0. The van der Waals surface area contributed by atoms with Gasteiger partial charge in [0.1, 0.15) is 5.78 Å². The number of hydrogen-bond acceptors (Lipinski definition) is 2. The van der Waals surface area contributed by atoms with Crippen LogP contribution in [0.1, 0.15) is 56.9 Å². The molecule has 0 amide bonds. The minimum absolute atomic E-state index is 0.419. The number of Topliss-reactive ketones (excluding diaryl/α,β-unsaturated/α-hetero) is 1. The number of anilines is 1.